The van der Waals surface area contributed by atoms with E-state index in [9.17, 15) is 4.79 Å². The minimum atomic E-state index is -0.277. The lowest BCUT2D eigenvalue weighted by Gasteiger charge is -2.16. The highest BCUT2D eigenvalue weighted by atomic mass is 16.6. The molecule has 2 unspecified atom stereocenters. The van der Waals surface area contributed by atoms with E-state index in [0.717, 1.165) is 16.3 Å². The number of ether oxygens (including phenoxy) is 1. The van der Waals surface area contributed by atoms with Gasteiger partial charge in [-0.1, -0.05) is 56.0 Å². The molecule has 1 saturated heterocycles. The van der Waals surface area contributed by atoms with Gasteiger partial charge in [-0.3, -0.25) is 0 Å². The monoisotopic (exact) mass is 238 g/mol. The smallest absolute Gasteiger partial charge is 0.334 e. The minimum Gasteiger partial charge on any atom is -0.453 e. The molecule has 2 aromatic carbocycles. The van der Waals surface area contributed by atoms with E-state index >= 15 is 0 Å². The van der Waals surface area contributed by atoms with E-state index in [0.29, 0.717) is 5.57 Å². The Morgan fingerprint density at radius 2 is 1.83 bits per heavy atom. The summed E-state index contributed by atoms with van der Waals surface area (Å²) in [6, 6.07) is 14.2. The van der Waals surface area contributed by atoms with Gasteiger partial charge in [-0.15, -0.1) is 0 Å². The molecule has 0 saturated carbocycles. The highest BCUT2D eigenvalue weighted by Gasteiger charge is 2.36. The number of rotatable bonds is 1. The topological polar surface area (TPSA) is 26.3 Å². The third-order valence-corrected chi connectivity index (χ3v) is 3.63. The molecule has 0 aromatic heterocycles. The van der Waals surface area contributed by atoms with Crippen molar-refractivity contribution in [2.75, 3.05) is 0 Å². The van der Waals surface area contributed by atoms with Crippen LogP contribution in [-0.2, 0) is 9.53 Å². The normalized spacial score (nSPS) is 23.4. The summed E-state index contributed by atoms with van der Waals surface area (Å²) >= 11 is 0. The molecule has 0 amide bonds. The quantitative estimate of drug-likeness (QED) is 0.560. The summed E-state index contributed by atoms with van der Waals surface area (Å²) < 4.78 is 5.44. The summed E-state index contributed by atoms with van der Waals surface area (Å²) in [6.45, 7) is 5.78. The molecule has 1 aliphatic rings. The Labute approximate surface area is 106 Å². The van der Waals surface area contributed by atoms with Crippen molar-refractivity contribution in [3.8, 4) is 0 Å². The van der Waals surface area contributed by atoms with Gasteiger partial charge in [-0.05, 0) is 10.8 Å². The van der Waals surface area contributed by atoms with Crippen LogP contribution in [0.3, 0.4) is 0 Å². The summed E-state index contributed by atoms with van der Waals surface area (Å²) in [4.78, 5) is 11.6. The maximum atomic E-state index is 11.6. The SMILES string of the molecule is C=C1C(=O)OC(c2cccc3ccccc23)C1C. The predicted octanol–water partition coefficient (Wildman–Crippen LogP) is 3.63. The second kappa shape index (κ2) is 3.98. The zero-order chi connectivity index (χ0) is 12.7. The number of carbonyl (C=O) groups excluding carboxylic acids is 1. The number of esters is 1. The minimum absolute atomic E-state index is 0.0308. The first-order valence-electron chi connectivity index (χ1n) is 6.06. The van der Waals surface area contributed by atoms with Crippen LogP contribution in [0, 0.1) is 5.92 Å². The molecule has 2 nitrogen and oxygen atoms in total. The van der Waals surface area contributed by atoms with Crippen molar-refractivity contribution in [1.82, 2.24) is 0 Å². The summed E-state index contributed by atoms with van der Waals surface area (Å²) in [7, 11) is 0. The van der Waals surface area contributed by atoms with Crippen LogP contribution in [-0.4, -0.2) is 5.97 Å². The van der Waals surface area contributed by atoms with Gasteiger partial charge in [0.2, 0.25) is 0 Å². The highest BCUT2D eigenvalue weighted by molar-refractivity contribution is 5.92. The van der Waals surface area contributed by atoms with E-state index in [1.807, 2.05) is 31.2 Å². The van der Waals surface area contributed by atoms with E-state index < -0.39 is 0 Å². The lowest BCUT2D eigenvalue weighted by molar-refractivity contribution is -0.139. The van der Waals surface area contributed by atoms with Gasteiger partial charge in [-0.2, -0.15) is 0 Å². The maximum absolute atomic E-state index is 11.6. The Morgan fingerprint density at radius 3 is 2.56 bits per heavy atom. The Morgan fingerprint density at radius 1 is 1.11 bits per heavy atom. The number of hydrogen-bond acceptors (Lipinski definition) is 2. The fourth-order valence-electron chi connectivity index (χ4n) is 2.49. The van der Waals surface area contributed by atoms with Crippen LogP contribution in [0.5, 0.6) is 0 Å². The first kappa shape index (κ1) is 11.0. The number of cyclic esters (lactones) is 1. The van der Waals surface area contributed by atoms with Crippen molar-refractivity contribution in [2.24, 2.45) is 5.92 Å². The third kappa shape index (κ3) is 1.53. The molecule has 1 heterocycles. The van der Waals surface area contributed by atoms with Crippen molar-refractivity contribution in [2.45, 2.75) is 13.0 Å². The van der Waals surface area contributed by atoms with Gasteiger partial charge in [0.1, 0.15) is 6.10 Å². The molecule has 2 heteroatoms. The Kier molecular flexibility index (Phi) is 2.44. The predicted molar refractivity (Wildman–Crippen MR) is 71.1 cm³/mol. The van der Waals surface area contributed by atoms with Crippen LogP contribution >= 0.6 is 0 Å². The van der Waals surface area contributed by atoms with E-state index in [-0.39, 0.29) is 18.0 Å². The van der Waals surface area contributed by atoms with Gasteiger partial charge in [-0.25, -0.2) is 4.79 Å². The zero-order valence-electron chi connectivity index (χ0n) is 10.2. The number of fused-ring (bicyclic) bond motifs is 1. The highest BCUT2D eigenvalue weighted by Crippen LogP contribution is 2.40. The first-order valence-corrected chi connectivity index (χ1v) is 6.06. The van der Waals surface area contributed by atoms with Crippen molar-refractivity contribution in [1.29, 1.82) is 0 Å². The van der Waals surface area contributed by atoms with Gasteiger partial charge < -0.3 is 4.74 Å². The molecule has 0 aliphatic carbocycles. The Balaban J connectivity index is 2.16. The Bertz CT molecular complexity index is 637. The molecule has 3 rings (SSSR count). The standard InChI is InChI=1S/C16H14O2/c1-10-11(2)16(17)18-15(10)14-9-5-7-12-6-3-4-8-13(12)14/h3-10,15H,2H2,1H3. The third-order valence-electron chi connectivity index (χ3n) is 3.63. The average molecular weight is 238 g/mol. The Hall–Kier alpha value is -2.09. The molecule has 0 bridgehead atoms. The molecular formula is C16H14O2. The van der Waals surface area contributed by atoms with Gasteiger partial charge in [0.25, 0.3) is 0 Å². The van der Waals surface area contributed by atoms with Crippen LogP contribution < -0.4 is 0 Å². The summed E-state index contributed by atoms with van der Waals surface area (Å²) in [5.74, 6) is -0.247. The van der Waals surface area contributed by atoms with Crippen molar-refractivity contribution < 1.29 is 9.53 Å². The molecule has 2 atom stereocenters. The van der Waals surface area contributed by atoms with E-state index in [4.69, 9.17) is 4.74 Å². The summed E-state index contributed by atoms with van der Waals surface area (Å²) in [5.41, 5.74) is 1.63. The lowest BCUT2D eigenvalue weighted by Crippen LogP contribution is -2.05. The van der Waals surface area contributed by atoms with Crippen LogP contribution in [0.4, 0.5) is 0 Å². The first-order chi connectivity index (χ1) is 8.68. The van der Waals surface area contributed by atoms with Gasteiger partial charge in [0.15, 0.2) is 0 Å². The van der Waals surface area contributed by atoms with E-state index in [1.165, 1.54) is 0 Å². The number of benzene rings is 2. The molecule has 1 fully saturated rings. The van der Waals surface area contributed by atoms with Crippen molar-refractivity contribution in [3.63, 3.8) is 0 Å². The van der Waals surface area contributed by atoms with Gasteiger partial charge in [0.05, 0.1) is 0 Å². The average Bonchev–Trinajstić information content (AvgIpc) is 2.66. The van der Waals surface area contributed by atoms with Crippen LogP contribution in [0.1, 0.15) is 18.6 Å². The molecule has 18 heavy (non-hydrogen) atoms. The summed E-state index contributed by atoms with van der Waals surface area (Å²) in [6.07, 6.45) is -0.212. The molecule has 0 N–H and O–H groups in total. The van der Waals surface area contributed by atoms with Crippen molar-refractivity contribution in [3.05, 3.63) is 60.2 Å². The molecular weight excluding hydrogens is 224 g/mol. The maximum Gasteiger partial charge on any atom is 0.334 e. The molecule has 90 valence electrons. The lowest BCUT2D eigenvalue weighted by atomic mass is 9.91. The van der Waals surface area contributed by atoms with Crippen LogP contribution in [0.25, 0.3) is 10.8 Å². The fraction of sp³-hybridized carbons (Fsp3) is 0.188. The number of carbonyl (C=O) groups is 1. The van der Waals surface area contributed by atoms with E-state index in [2.05, 4.69) is 24.8 Å². The molecule has 0 spiro atoms. The van der Waals surface area contributed by atoms with E-state index in [1.54, 1.807) is 0 Å². The molecule has 0 radical (unpaired) electrons. The van der Waals surface area contributed by atoms with Crippen molar-refractivity contribution >= 4 is 16.7 Å². The molecule has 1 aliphatic heterocycles. The second-order valence-corrected chi connectivity index (χ2v) is 4.71. The van der Waals surface area contributed by atoms with Gasteiger partial charge in [0, 0.05) is 17.1 Å². The zero-order valence-corrected chi connectivity index (χ0v) is 10.2. The van der Waals surface area contributed by atoms with Gasteiger partial charge >= 0.3 is 5.97 Å². The second-order valence-electron chi connectivity index (χ2n) is 4.71. The fourth-order valence-corrected chi connectivity index (χ4v) is 2.49. The summed E-state index contributed by atoms with van der Waals surface area (Å²) in [5, 5.41) is 2.30. The van der Waals surface area contributed by atoms with Crippen LogP contribution in [0.15, 0.2) is 54.6 Å². The largest absolute Gasteiger partial charge is 0.453 e. The molecule has 2 aromatic rings. The number of hydrogen-bond donors (Lipinski definition) is 0. The van der Waals surface area contributed by atoms with Crippen LogP contribution in [0.2, 0.25) is 0 Å².